The second-order valence-corrected chi connectivity index (χ2v) is 6.31. The lowest BCUT2D eigenvalue weighted by molar-refractivity contribution is 0.174. The molecule has 3 aromatic rings. The van der Waals surface area contributed by atoms with E-state index in [2.05, 4.69) is 31.2 Å². The molecule has 0 radical (unpaired) electrons. The fourth-order valence-corrected chi connectivity index (χ4v) is 3.07. The number of para-hydroxylation sites is 2. The minimum absolute atomic E-state index is 0. The smallest absolute Gasteiger partial charge is 0.231 e. The molecule has 1 aromatic heterocycles. The number of halogens is 1. The first-order chi connectivity index (χ1) is 13.2. The molecule has 4 rings (SSSR count). The summed E-state index contributed by atoms with van der Waals surface area (Å²) in [6.45, 7) is 4.26. The molecule has 0 amide bonds. The Morgan fingerprint density at radius 1 is 1.14 bits per heavy atom. The molecule has 0 atom stereocenters. The van der Waals surface area contributed by atoms with Gasteiger partial charge in [0.15, 0.2) is 17.5 Å². The molecule has 0 saturated carbocycles. The Labute approximate surface area is 181 Å². The second-order valence-electron chi connectivity index (χ2n) is 6.31. The van der Waals surface area contributed by atoms with Gasteiger partial charge in [0.05, 0.1) is 24.1 Å². The second kappa shape index (κ2) is 9.13. The zero-order valence-corrected chi connectivity index (χ0v) is 18.3. The SMILES string of the molecule is CCNC(=NCc1ccc2c(c1)OCO2)NCc1nc2ccccc2n1C.I. The third kappa shape index (κ3) is 4.32. The van der Waals surface area contributed by atoms with E-state index in [0.29, 0.717) is 13.1 Å². The summed E-state index contributed by atoms with van der Waals surface area (Å²) in [4.78, 5) is 9.36. The number of rotatable bonds is 5. The van der Waals surface area contributed by atoms with E-state index in [9.17, 15) is 0 Å². The van der Waals surface area contributed by atoms with E-state index < -0.39 is 0 Å². The molecule has 0 saturated heterocycles. The van der Waals surface area contributed by atoms with Gasteiger partial charge in [0.25, 0.3) is 0 Å². The average molecular weight is 493 g/mol. The van der Waals surface area contributed by atoms with Crippen molar-refractivity contribution in [2.45, 2.75) is 20.0 Å². The lowest BCUT2D eigenvalue weighted by atomic mass is 10.2. The lowest BCUT2D eigenvalue weighted by Crippen LogP contribution is -2.37. The summed E-state index contributed by atoms with van der Waals surface area (Å²) < 4.78 is 12.9. The first-order valence-corrected chi connectivity index (χ1v) is 9.05. The Balaban J connectivity index is 0.00000225. The third-order valence-corrected chi connectivity index (χ3v) is 4.49. The van der Waals surface area contributed by atoms with Gasteiger partial charge in [0, 0.05) is 13.6 Å². The quantitative estimate of drug-likeness (QED) is 0.325. The molecule has 0 unspecified atom stereocenters. The highest BCUT2D eigenvalue weighted by Gasteiger charge is 2.13. The van der Waals surface area contributed by atoms with Gasteiger partial charge in [-0.3, -0.25) is 0 Å². The molecule has 0 spiro atoms. The van der Waals surface area contributed by atoms with Crippen molar-refractivity contribution in [3.63, 3.8) is 0 Å². The molecule has 7 nitrogen and oxygen atoms in total. The molecule has 28 heavy (non-hydrogen) atoms. The lowest BCUT2D eigenvalue weighted by Gasteiger charge is -2.11. The molecule has 0 bridgehead atoms. The highest BCUT2D eigenvalue weighted by atomic mass is 127. The number of hydrogen-bond donors (Lipinski definition) is 2. The maximum atomic E-state index is 5.43. The number of imidazole rings is 1. The number of guanidine groups is 1. The van der Waals surface area contributed by atoms with Crippen LogP contribution in [0.3, 0.4) is 0 Å². The number of benzene rings is 2. The number of hydrogen-bond acceptors (Lipinski definition) is 4. The maximum Gasteiger partial charge on any atom is 0.231 e. The van der Waals surface area contributed by atoms with Crippen LogP contribution in [0.2, 0.25) is 0 Å². The van der Waals surface area contributed by atoms with Crippen LogP contribution in [-0.4, -0.2) is 28.8 Å². The summed E-state index contributed by atoms with van der Waals surface area (Å²) in [6, 6.07) is 14.0. The minimum Gasteiger partial charge on any atom is -0.454 e. The predicted molar refractivity (Wildman–Crippen MR) is 120 cm³/mol. The Morgan fingerprint density at radius 3 is 2.79 bits per heavy atom. The molecule has 1 aliphatic rings. The summed E-state index contributed by atoms with van der Waals surface area (Å²) in [7, 11) is 2.03. The molecule has 2 N–H and O–H groups in total. The van der Waals surface area contributed by atoms with E-state index in [1.54, 1.807) is 0 Å². The van der Waals surface area contributed by atoms with Crippen LogP contribution >= 0.6 is 24.0 Å². The van der Waals surface area contributed by atoms with Crippen LogP contribution in [0.4, 0.5) is 0 Å². The fraction of sp³-hybridized carbons (Fsp3) is 0.300. The summed E-state index contributed by atoms with van der Waals surface area (Å²) in [5.41, 5.74) is 3.19. The van der Waals surface area contributed by atoms with Crippen molar-refractivity contribution in [2.75, 3.05) is 13.3 Å². The maximum absolute atomic E-state index is 5.43. The molecule has 0 aliphatic carbocycles. The van der Waals surface area contributed by atoms with Crippen LogP contribution in [0.1, 0.15) is 18.3 Å². The van der Waals surface area contributed by atoms with Crippen LogP contribution in [-0.2, 0) is 20.1 Å². The largest absolute Gasteiger partial charge is 0.454 e. The van der Waals surface area contributed by atoms with Gasteiger partial charge >= 0.3 is 0 Å². The summed E-state index contributed by atoms with van der Waals surface area (Å²) in [5.74, 6) is 3.28. The van der Waals surface area contributed by atoms with Gasteiger partial charge in [0.1, 0.15) is 5.82 Å². The van der Waals surface area contributed by atoms with Crippen molar-refractivity contribution in [3.8, 4) is 11.5 Å². The fourth-order valence-electron chi connectivity index (χ4n) is 3.07. The molecular formula is C20H24IN5O2. The number of nitrogens with one attached hydrogen (secondary N) is 2. The zero-order chi connectivity index (χ0) is 18.6. The average Bonchev–Trinajstić information content (AvgIpc) is 3.28. The number of fused-ring (bicyclic) bond motifs is 2. The van der Waals surface area contributed by atoms with Crippen LogP contribution < -0.4 is 20.1 Å². The summed E-state index contributed by atoms with van der Waals surface area (Å²) in [6.07, 6.45) is 0. The third-order valence-electron chi connectivity index (χ3n) is 4.49. The van der Waals surface area contributed by atoms with Crippen LogP contribution in [0, 0.1) is 0 Å². The van der Waals surface area contributed by atoms with Gasteiger partial charge in [-0.15, -0.1) is 24.0 Å². The number of aromatic nitrogens is 2. The van der Waals surface area contributed by atoms with E-state index in [0.717, 1.165) is 46.4 Å². The molecule has 2 heterocycles. The Bertz CT molecular complexity index is 986. The van der Waals surface area contributed by atoms with Gasteiger partial charge in [-0.05, 0) is 36.8 Å². The number of aryl methyl sites for hydroxylation is 1. The van der Waals surface area contributed by atoms with Crippen molar-refractivity contribution in [1.82, 2.24) is 20.2 Å². The first kappa shape index (κ1) is 20.2. The molecule has 8 heteroatoms. The van der Waals surface area contributed by atoms with Crippen molar-refractivity contribution in [1.29, 1.82) is 0 Å². The van der Waals surface area contributed by atoms with Crippen molar-refractivity contribution in [3.05, 3.63) is 53.9 Å². The standard InChI is InChI=1S/C20H23N5O2.HI/c1-3-21-20(22-11-14-8-9-17-18(10-14)27-13-26-17)23-12-19-24-15-6-4-5-7-16(15)25(19)2;/h4-10H,3,11-13H2,1-2H3,(H2,21,22,23);1H. The number of aliphatic imine (C=N–C) groups is 1. The highest BCUT2D eigenvalue weighted by molar-refractivity contribution is 14.0. The van der Waals surface area contributed by atoms with Crippen molar-refractivity contribution >= 4 is 41.0 Å². The van der Waals surface area contributed by atoms with Gasteiger partial charge in [-0.1, -0.05) is 18.2 Å². The van der Waals surface area contributed by atoms with Crippen molar-refractivity contribution in [2.24, 2.45) is 12.0 Å². The Kier molecular flexibility index (Phi) is 6.61. The summed E-state index contributed by atoms with van der Waals surface area (Å²) >= 11 is 0. The highest BCUT2D eigenvalue weighted by Crippen LogP contribution is 2.32. The van der Waals surface area contributed by atoms with E-state index in [-0.39, 0.29) is 30.8 Å². The van der Waals surface area contributed by atoms with E-state index in [1.807, 2.05) is 50.4 Å². The Morgan fingerprint density at radius 2 is 1.96 bits per heavy atom. The van der Waals surface area contributed by atoms with E-state index in [1.165, 1.54) is 0 Å². The Hall–Kier alpha value is -2.49. The van der Waals surface area contributed by atoms with Crippen molar-refractivity contribution < 1.29 is 9.47 Å². The zero-order valence-electron chi connectivity index (χ0n) is 15.9. The van der Waals surface area contributed by atoms with Crippen LogP contribution in [0.25, 0.3) is 11.0 Å². The topological polar surface area (TPSA) is 72.7 Å². The minimum atomic E-state index is 0. The molecule has 1 aliphatic heterocycles. The molecule has 2 aromatic carbocycles. The monoisotopic (exact) mass is 493 g/mol. The number of nitrogens with zero attached hydrogens (tertiary/aromatic N) is 3. The van der Waals surface area contributed by atoms with Crippen LogP contribution in [0.5, 0.6) is 11.5 Å². The van der Waals surface area contributed by atoms with Gasteiger partial charge in [-0.25, -0.2) is 9.98 Å². The molecule has 0 fully saturated rings. The van der Waals surface area contributed by atoms with E-state index >= 15 is 0 Å². The van der Waals surface area contributed by atoms with E-state index in [4.69, 9.17) is 9.47 Å². The normalized spacial score (nSPS) is 12.7. The molecular weight excluding hydrogens is 469 g/mol. The predicted octanol–water partition coefficient (Wildman–Crippen LogP) is 3.18. The summed E-state index contributed by atoms with van der Waals surface area (Å²) in [5, 5.41) is 6.64. The van der Waals surface area contributed by atoms with Crippen LogP contribution in [0.15, 0.2) is 47.5 Å². The van der Waals surface area contributed by atoms with Gasteiger partial charge in [-0.2, -0.15) is 0 Å². The first-order valence-electron chi connectivity index (χ1n) is 9.05. The number of ether oxygens (including phenoxy) is 2. The molecule has 148 valence electrons. The van der Waals surface area contributed by atoms with Gasteiger partial charge < -0.3 is 24.7 Å². The van der Waals surface area contributed by atoms with Gasteiger partial charge in [0.2, 0.25) is 6.79 Å².